The van der Waals surface area contributed by atoms with Crippen molar-refractivity contribution in [3.05, 3.63) is 15.6 Å². The van der Waals surface area contributed by atoms with Gasteiger partial charge in [-0.2, -0.15) is 0 Å². The number of carbonyl (C=O) groups excluding carboxylic acids is 1. The van der Waals surface area contributed by atoms with Crippen LogP contribution in [0.4, 0.5) is 0 Å². The number of aromatic nitrogens is 1. The van der Waals surface area contributed by atoms with Crippen molar-refractivity contribution < 1.29 is 18.7 Å². The lowest BCUT2D eigenvalue weighted by Crippen LogP contribution is -2.46. The lowest BCUT2D eigenvalue weighted by molar-refractivity contribution is -0.168. The molecule has 0 aliphatic carbocycles. The van der Waals surface area contributed by atoms with Crippen LogP contribution in [0.3, 0.4) is 0 Å². The van der Waals surface area contributed by atoms with Gasteiger partial charge >= 0.3 is 0 Å². The van der Waals surface area contributed by atoms with Crippen LogP contribution in [-0.4, -0.2) is 51.2 Å². The minimum Gasteiger partial charge on any atom is -0.408 e. The summed E-state index contributed by atoms with van der Waals surface area (Å²) in [5.74, 6) is 0. The molecule has 0 N–H and O–H groups in total. The van der Waals surface area contributed by atoms with Crippen LogP contribution in [0.2, 0.25) is 18.1 Å². The second-order valence-corrected chi connectivity index (χ2v) is 15.0. The first-order valence-electron chi connectivity index (χ1n) is 10.1. The van der Waals surface area contributed by atoms with Gasteiger partial charge in [0.25, 0.3) is 7.41 Å². The Morgan fingerprint density at radius 2 is 2.18 bits per heavy atom. The highest BCUT2D eigenvalue weighted by Gasteiger charge is 2.42. The van der Waals surface area contributed by atoms with E-state index in [4.69, 9.17) is 18.9 Å². The number of rotatable bonds is 7. The first kappa shape index (κ1) is 22.1. The van der Waals surface area contributed by atoms with Crippen molar-refractivity contribution in [2.45, 2.75) is 83.7 Å². The molecule has 0 saturated carbocycles. The van der Waals surface area contributed by atoms with Crippen LogP contribution in [0.5, 0.6) is 0 Å². The van der Waals surface area contributed by atoms with Gasteiger partial charge in [-0.05, 0) is 37.4 Å². The van der Waals surface area contributed by atoms with Crippen LogP contribution in [-0.2, 0) is 31.8 Å². The SMILES string of the molecule is CC(C)(C)[Si](C)(C)OC1CN([B]C=O)Cc2nc(COC3CCCCO3)sc21. The predicted molar refractivity (Wildman–Crippen MR) is 114 cm³/mol. The Morgan fingerprint density at radius 3 is 2.82 bits per heavy atom. The fraction of sp³-hybridized carbons (Fsp3) is 0.789. The van der Waals surface area contributed by atoms with Crippen LogP contribution in [0, 0.1) is 0 Å². The van der Waals surface area contributed by atoms with Crippen LogP contribution in [0.1, 0.15) is 61.7 Å². The largest absolute Gasteiger partial charge is 0.408 e. The molecule has 28 heavy (non-hydrogen) atoms. The summed E-state index contributed by atoms with van der Waals surface area (Å²) in [6, 6.07) is 0. The van der Waals surface area contributed by atoms with E-state index in [2.05, 4.69) is 33.9 Å². The van der Waals surface area contributed by atoms with Gasteiger partial charge in [-0.3, -0.25) is 0 Å². The fourth-order valence-corrected chi connectivity index (χ4v) is 5.58. The highest BCUT2D eigenvalue weighted by Crippen LogP contribution is 2.43. The molecule has 1 saturated heterocycles. The highest BCUT2D eigenvalue weighted by atomic mass is 32.1. The molecule has 2 aliphatic rings. The van der Waals surface area contributed by atoms with E-state index >= 15 is 0 Å². The molecular formula is C19H32BN2O4SSi. The maximum absolute atomic E-state index is 11.0. The molecule has 2 atom stereocenters. The third-order valence-corrected chi connectivity index (χ3v) is 11.5. The van der Waals surface area contributed by atoms with Gasteiger partial charge in [-0.25, -0.2) is 4.98 Å². The Labute approximate surface area is 174 Å². The van der Waals surface area contributed by atoms with Gasteiger partial charge in [-0.15, -0.1) is 11.3 Å². The molecule has 2 unspecified atom stereocenters. The first-order valence-corrected chi connectivity index (χ1v) is 13.8. The predicted octanol–water partition coefficient (Wildman–Crippen LogP) is 3.87. The summed E-state index contributed by atoms with van der Waals surface area (Å²) in [5, 5.41) is 1.08. The average Bonchev–Trinajstić information content (AvgIpc) is 3.03. The topological polar surface area (TPSA) is 60.9 Å². The summed E-state index contributed by atoms with van der Waals surface area (Å²) in [7, 11) is -0.357. The third kappa shape index (κ3) is 5.31. The zero-order valence-corrected chi connectivity index (χ0v) is 19.5. The first-order chi connectivity index (χ1) is 13.2. The Morgan fingerprint density at radius 1 is 1.39 bits per heavy atom. The van der Waals surface area contributed by atoms with Crippen molar-refractivity contribution in [1.29, 1.82) is 0 Å². The summed E-state index contributed by atoms with van der Waals surface area (Å²) in [6.07, 6.45) is 3.88. The maximum Gasteiger partial charge on any atom is 0.293 e. The van der Waals surface area contributed by atoms with Gasteiger partial charge in [0.1, 0.15) is 11.6 Å². The van der Waals surface area contributed by atoms with Crippen LogP contribution in [0.15, 0.2) is 0 Å². The van der Waals surface area contributed by atoms with Crippen molar-refractivity contribution in [3.8, 4) is 0 Å². The number of thiazole rings is 1. The van der Waals surface area contributed by atoms with Crippen molar-refractivity contribution in [2.75, 3.05) is 13.2 Å². The molecule has 155 valence electrons. The number of hydrogen-bond acceptors (Lipinski definition) is 7. The number of hydrogen-bond donors (Lipinski definition) is 0. The van der Waals surface area contributed by atoms with Crippen molar-refractivity contribution in [2.24, 2.45) is 0 Å². The Hall–Kier alpha value is -0.578. The molecule has 0 bridgehead atoms. The molecule has 1 radical (unpaired) electrons. The van der Waals surface area contributed by atoms with E-state index in [0.29, 0.717) is 19.7 Å². The smallest absolute Gasteiger partial charge is 0.293 e. The summed E-state index contributed by atoms with van der Waals surface area (Å²) in [5.41, 5.74) is 1.00. The molecular weight excluding hydrogens is 391 g/mol. The molecule has 1 aromatic heterocycles. The van der Waals surface area contributed by atoms with Gasteiger partial charge < -0.3 is 23.5 Å². The van der Waals surface area contributed by atoms with E-state index in [9.17, 15) is 4.79 Å². The van der Waals surface area contributed by atoms with E-state index in [1.165, 1.54) is 4.88 Å². The van der Waals surface area contributed by atoms with Gasteiger partial charge in [0.15, 0.2) is 14.6 Å². The standard InChI is InChI=1S/C19H32BN2O4SSi/c1-19(2,3)28(4,5)26-15-11-22(20-13-23)10-14-18(15)27-16(21-14)12-25-17-8-6-7-9-24-17/h13,15,17H,6-12H2,1-5H3. The lowest BCUT2D eigenvalue weighted by atomic mass is 9.91. The molecule has 0 spiro atoms. The zero-order chi connectivity index (χ0) is 20.4. The van der Waals surface area contributed by atoms with Crippen molar-refractivity contribution in [3.63, 3.8) is 0 Å². The van der Waals surface area contributed by atoms with Crippen LogP contribution < -0.4 is 0 Å². The summed E-state index contributed by atoms with van der Waals surface area (Å²) >= 11 is 1.68. The van der Waals surface area contributed by atoms with Crippen LogP contribution >= 0.6 is 11.3 Å². The Kier molecular flexibility index (Phi) is 7.15. The van der Waals surface area contributed by atoms with Crippen molar-refractivity contribution in [1.82, 2.24) is 9.79 Å². The van der Waals surface area contributed by atoms with Gasteiger partial charge in [0, 0.05) is 19.7 Å². The molecule has 9 heteroatoms. The quantitative estimate of drug-likeness (QED) is 0.490. The summed E-state index contributed by atoms with van der Waals surface area (Å²) < 4.78 is 18.3. The Balaban J connectivity index is 1.74. The summed E-state index contributed by atoms with van der Waals surface area (Å²) in [6.45, 7) is 13.8. The lowest BCUT2D eigenvalue weighted by Gasteiger charge is -2.41. The van der Waals surface area contributed by atoms with Gasteiger partial charge in [0.05, 0.1) is 22.9 Å². The van der Waals surface area contributed by atoms with Crippen LogP contribution in [0.25, 0.3) is 0 Å². The molecule has 1 fully saturated rings. The molecule has 2 aliphatic heterocycles. The van der Waals surface area contributed by atoms with E-state index < -0.39 is 8.32 Å². The monoisotopic (exact) mass is 423 g/mol. The minimum absolute atomic E-state index is 0.0574. The molecule has 6 nitrogen and oxygen atoms in total. The van der Waals surface area contributed by atoms with Gasteiger partial charge in [-0.1, -0.05) is 20.8 Å². The minimum atomic E-state index is -1.95. The second kappa shape index (κ2) is 9.06. The molecule has 0 amide bonds. The fourth-order valence-electron chi connectivity index (χ4n) is 3.22. The average molecular weight is 423 g/mol. The molecule has 3 rings (SSSR count). The molecule has 1 aromatic rings. The van der Waals surface area contributed by atoms with E-state index in [1.807, 2.05) is 4.81 Å². The number of fused-ring (bicyclic) bond motifs is 1. The normalized spacial score (nSPS) is 24.0. The number of carbonyl (C=O) groups is 1. The summed E-state index contributed by atoms with van der Waals surface area (Å²) in [4.78, 5) is 19.0. The maximum atomic E-state index is 11.0. The molecule has 3 heterocycles. The number of nitrogens with zero attached hydrogens (tertiary/aromatic N) is 2. The van der Waals surface area contributed by atoms with Crippen molar-refractivity contribution >= 4 is 33.3 Å². The van der Waals surface area contributed by atoms with E-state index in [1.54, 1.807) is 18.8 Å². The molecule has 0 aromatic carbocycles. The highest BCUT2D eigenvalue weighted by molar-refractivity contribution is 7.11. The second-order valence-electron chi connectivity index (χ2n) is 9.11. The zero-order valence-electron chi connectivity index (χ0n) is 17.7. The van der Waals surface area contributed by atoms with E-state index in [-0.39, 0.29) is 17.4 Å². The number of ether oxygens (including phenoxy) is 2. The van der Waals surface area contributed by atoms with E-state index in [0.717, 1.165) is 42.8 Å². The van der Waals surface area contributed by atoms with Gasteiger partial charge in [0.2, 0.25) is 0 Å². The third-order valence-electron chi connectivity index (χ3n) is 5.86. The Bertz CT molecular complexity index is 673.